The van der Waals surface area contributed by atoms with E-state index in [1.807, 2.05) is 0 Å². The Bertz CT molecular complexity index is 1120. The van der Waals surface area contributed by atoms with Crippen LogP contribution in [0, 0.1) is 0 Å². The number of carbonyl (C=O) groups is 3. The maximum atomic E-state index is 12.3. The zero-order valence-corrected chi connectivity index (χ0v) is 17.6. The molecule has 0 saturated heterocycles. The average Bonchev–Trinajstić information content (AvgIpc) is 2.71. The molecular formula is C19H20N4O7S. The van der Waals surface area contributed by atoms with Crippen molar-refractivity contribution in [3.05, 3.63) is 42.1 Å². The van der Waals surface area contributed by atoms with Crippen LogP contribution in [0.5, 0.6) is 5.75 Å². The monoisotopic (exact) mass is 448 g/mol. The normalized spacial score (nSPS) is 16.4. The Morgan fingerprint density at radius 3 is 2.68 bits per heavy atom. The summed E-state index contributed by atoms with van der Waals surface area (Å²) in [7, 11) is -2.07. The molecule has 0 fully saturated rings. The molecule has 2 aliphatic heterocycles. The first-order valence-corrected chi connectivity index (χ1v) is 10.7. The third-order valence-corrected chi connectivity index (χ3v) is 5.35. The van der Waals surface area contributed by atoms with Gasteiger partial charge in [0, 0.05) is 25.4 Å². The number of methoxy groups -OCH3 is 1. The molecule has 11 nitrogen and oxygen atoms in total. The first-order chi connectivity index (χ1) is 14.7. The van der Waals surface area contributed by atoms with E-state index in [2.05, 4.69) is 15.0 Å². The number of carbonyl (C=O) groups excluding carboxylic acids is 3. The van der Waals surface area contributed by atoms with Crippen LogP contribution in [0.1, 0.15) is 6.92 Å². The highest BCUT2D eigenvalue weighted by molar-refractivity contribution is 7.90. The van der Waals surface area contributed by atoms with Gasteiger partial charge < -0.3 is 25.0 Å². The second-order valence-electron chi connectivity index (χ2n) is 6.57. The van der Waals surface area contributed by atoms with E-state index in [0.717, 1.165) is 0 Å². The SMILES string of the molecule is COc1ccc(NC(C)=O)cc1NC(=O)COC(=O)C1=CN2CCS(=O)(=O)N=C2C=C1. The Kier molecular flexibility index (Phi) is 6.39. The van der Waals surface area contributed by atoms with Gasteiger partial charge in [0.2, 0.25) is 5.91 Å². The second-order valence-corrected chi connectivity index (χ2v) is 8.32. The van der Waals surface area contributed by atoms with Crippen LogP contribution < -0.4 is 15.4 Å². The minimum atomic E-state index is -3.49. The first-order valence-electron chi connectivity index (χ1n) is 9.08. The van der Waals surface area contributed by atoms with Gasteiger partial charge in [0.25, 0.3) is 15.9 Å². The standard InChI is InChI=1S/C19H20N4O7S/c1-12(24)20-14-4-5-16(29-2)15(9-14)21-18(25)11-30-19(26)13-3-6-17-22-31(27,28)8-7-23(17)10-13/h3-6,9-10H,7-8,11H2,1-2H3,(H,20,24)(H,21,25). The average molecular weight is 448 g/mol. The first kappa shape index (κ1) is 22.0. The zero-order chi connectivity index (χ0) is 22.6. The van der Waals surface area contributed by atoms with Gasteiger partial charge in [-0.25, -0.2) is 13.2 Å². The largest absolute Gasteiger partial charge is 0.495 e. The number of benzene rings is 1. The van der Waals surface area contributed by atoms with Crippen molar-refractivity contribution < 1.29 is 32.3 Å². The van der Waals surface area contributed by atoms with Gasteiger partial charge in [-0.1, -0.05) is 0 Å². The molecule has 0 bridgehead atoms. The highest BCUT2D eigenvalue weighted by atomic mass is 32.2. The van der Waals surface area contributed by atoms with Crippen LogP contribution in [0.25, 0.3) is 0 Å². The van der Waals surface area contributed by atoms with E-state index in [-0.39, 0.29) is 29.6 Å². The molecule has 0 aliphatic carbocycles. The highest BCUT2D eigenvalue weighted by Crippen LogP contribution is 2.28. The summed E-state index contributed by atoms with van der Waals surface area (Å²) < 4.78 is 36.9. The minimum absolute atomic E-state index is 0.149. The maximum Gasteiger partial charge on any atom is 0.340 e. The number of sulfonamides is 1. The van der Waals surface area contributed by atoms with E-state index in [9.17, 15) is 22.8 Å². The molecule has 3 rings (SSSR count). The summed E-state index contributed by atoms with van der Waals surface area (Å²) in [5.41, 5.74) is 0.900. The van der Waals surface area contributed by atoms with E-state index in [1.54, 1.807) is 12.1 Å². The van der Waals surface area contributed by atoms with Crippen LogP contribution in [-0.2, 0) is 29.1 Å². The van der Waals surface area contributed by atoms with Crippen molar-refractivity contribution in [1.82, 2.24) is 4.90 Å². The lowest BCUT2D eigenvalue weighted by molar-refractivity contribution is -0.143. The number of amides is 2. The summed E-state index contributed by atoms with van der Waals surface area (Å²) in [4.78, 5) is 37.2. The number of hydrogen-bond donors (Lipinski definition) is 2. The Morgan fingerprint density at radius 1 is 1.19 bits per heavy atom. The fourth-order valence-electron chi connectivity index (χ4n) is 2.81. The molecule has 0 spiro atoms. The Morgan fingerprint density at radius 2 is 1.97 bits per heavy atom. The Hall–Kier alpha value is -3.67. The Labute approximate surface area is 178 Å². The molecule has 0 atom stereocenters. The van der Waals surface area contributed by atoms with Gasteiger partial charge in [-0.3, -0.25) is 9.59 Å². The molecule has 0 aromatic heterocycles. The number of esters is 1. The summed E-state index contributed by atoms with van der Waals surface area (Å²) in [6, 6.07) is 4.70. The van der Waals surface area contributed by atoms with Crippen LogP contribution in [0.15, 0.2) is 46.5 Å². The number of nitrogens with zero attached hydrogens (tertiary/aromatic N) is 2. The molecule has 2 N–H and O–H groups in total. The molecule has 0 saturated carbocycles. The van der Waals surface area contributed by atoms with Crippen molar-refractivity contribution in [3.8, 4) is 5.75 Å². The van der Waals surface area contributed by atoms with Crippen molar-refractivity contribution in [2.75, 3.05) is 36.6 Å². The fourth-order valence-corrected chi connectivity index (χ4v) is 3.78. The third-order valence-electron chi connectivity index (χ3n) is 4.19. The van der Waals surface area contributed by atoms with E-state index < -0.39 is 28.5 Å². The van der Waals surface area contributed by atoms with Crippen LogP contribution in [0.4, 0.5) is 11.4 Å². The van der Waals surface area contributed by atoms with E-state index in [1.165, 1.54) is 43.4 Å². The number of ether oxygens (including phenoxy) is 2. The van der Waals surface area contributed by atoms with Crippen molar-refractivity contribution in [3.63, 3.8) is 0 Å². The van der Waals surface area contributed by atoms with E-state index >= 15 is 0 Å². The van der Waals surface area contributed by atoms with Crippen LogP contribution in [0.3, 0.4) is 0 Å². The number of anilines is 2. The molecule has 164 valence electrons. The molecule has 1 aromatic carbocycles. The molecule has 2 amide bonds. The number of rotatable bonds is 6. The zero-order valence-electron chi connectivity index (χ0n) is 16.7. The lowest BCUT2D eigenvalue weighted by Crippen LogP contribution is -2.37. The van der Waals surface area contributed by atoms with E-state index in [0.29, 0.717) is 17.1 Å². The second kappa shape index (κ2) is 9.00. The summed E-state index contributed by atoms with van der Waals surface area (Å²) in [6.07, 6.45) is 4.19. The van der Waals surface area contributed by atoms with Gasteiger partial charge in [0.15, 0.2) is 6.61 Å². The van der Waals surface area contributed by atoms with Crippen molar-refractivity contribution in [1.29, 1.82) is 0 Å². The number of fused-ring (bicyclic) bond motifs is 1. The third kappa shape index (κ3) is 5.69. The van der Waals surface area contributed by atoms with Gasteiger partial charge in [-0.15, -0.1) is 4.40 Å². The number of hydrogen-bond acceptors (Lipinski definition) is 8. The number of nitrogens with one attached hydrogen (secondary N) is 2. The lowest BCUT2D eigenvalue weighted by atomic mass is 10.2. The summed E-state index contributed by atoms with van der Waals surface area (Å²) in [5, 5.41) is 5.15. The smallest absolute Gasteiger partial charge is 0.340 e. The molecular weight excluding hydrogens is 428 g/mol. The lowest BCUT2D eigenvalue weighted by Gasteiger charge is -2.26. The van der Waals surface area contributed by atoms with Crippen molar-refractivity contribution >= 4 is 45.0 Å². The predicted octanol–water partition coefficient (Wildman–Crippen LogP) is 0.633. The van der Waals surface area contributed by atoms with Gasteiger partial charge in [-0.2, -0.15) is 0 Å². The van der Waals surface area contributed by atoms with Gasteiger partial charge in [0.1, 0.15) is 11.6 Å². The summed E-state index contributed by atoms with van der Waals surface area (Å²) in [5.74, 6) is -1.23. The highest BCUT2D eigenvalue weighted by Gasteiger charge is 2.25. The molecule has 1 aromatic rings. The summed E-state index contributed by atoms with van der Waals surface area (Å²) in [6.45, 7) is 0.952. The van der Waals surface area contributed by atoms with Crippen LogP contribution >= 0.6 is 0 Å². The molecule has 0 radical (unpaired) electrons. The quantitative estimate of drug-likeness (QED) is 0.603. The minimum Gasteiger partial charge on any atom is -0.495 e. The number of amidine groups is 1. The van der Waals surface area contributed by atoms with Gasteiger partial charge in [-0.05, 0) is 30.4 Å². The molecule has 0 unspecified atom stereocenters. The van der Waals surface area contributed by atoms with Crippen LogP contribution in [0.2, 0.25) is 0 Å². The van der Waals surface area contributed by atoms with Crippen molar-refractivity contribution in [2.45, 2.75) is 6.92 Å². The predicted molar refractivity (Wildman–Crippen MR) is 112 cm³/mol. The summed E-state index contributed by atoms with van der Waals surface area (Å²) >= 11 is 0. The van der Waals surface area contributed by atoms with E-state index in [4.69, 9.17) is 9.47 Å². The maximum absolute atomic E-state index is 12.3. The molecule has 2 heterocycles. The Balaban J connectivity index is 1.60. The molecule has 31 heavy (non-hydrogen) atoms. The van der Waals surface area contributed by atoms with Crippen molar-refractivity contribution in [2.24, 2.45) is 4.40 Å². The fraction of sp³-hybridized carbons (Fsp3) is 0.263. The van der Waals surface area contributed by atoms with Crippen LogP contribution in [-0.4, -0.2) is 63.0 Å². The molecule has 12 heteroatoms. The molecule has 2 aliphatic rings. The van der Waals surface area contributed by atoms with Gasteiger partial charge in [0.05, 0.1) is 24.1 Å². The van der Waals surface area contributed by atoms with Gasteiger partial charge >= 0.3 is 5.97 Å². The topological polar surface area (TPSA) is 143 Å².